The Kier molecular flexibility index (Phi) is 4.66. The van der Waals surface area contributed by atoms with Crippen LogP contribution < -0.4 is 5.32 Å². The molecule has 0 aliphatic heterocycles. The molecule has 0 atom stereocenters. The molecule has 0 bridgehead atoms. The van der Waals surface area contributed by atoms with Gasteiger partial charge in [0.05, 0.1) is 5.75 Å². The molecule has 6 nitrogen and oxygen atoms in total. The quantitative estimate of drug-likeness (QED) is 0.725. The van der Waals surface area contributed by atoms with Gasteiger partial charge in [0.1, 0.15) is 0 Å². The lowest BCUT2D eigenvalue weighted by atomic mass is 10.2. The van der Waals surface area contributed by atoms with Crippen molar-refractivity contribution in [3.63, 3.8) is 0 Å². The van der Waals surface area contributed by atoms with Gasteiger partial charge in [-0.25, -0.2) is 0 Å². The minimum absolute atomic E-state index is 0.0633. The summed E-state index contributed by atoms with van der Waals surface area (Å²) in [6.07, 6.45) is 2.30. The van der Waals surface area contributed by atoms with Crippen molar-refractivity contribution in [3.8, 4) is 0 Å². The highest BCUT2D eigenvalue weighted by atomic mass is 32.2. The number of carbonyl (C=O) groups excluding carboxylic acids is 1. The van der Waals surface area contributed by atoms with Gasteiger partial charge in [-0.05, 0) is 36.6 Å². The highest BCUT2D eigenvalue weighted by Crippen LogP contribution is 2.39. The van der Waals surface area contributed by atoms with Crippen molar-refractivity contribution in [3.05, 3.63) is 47.3 Å². The van der Waals surface area contributed by atoms with Crippen molar-refractivity contribution >= 4 is 29.3 Å². The van der Waals surface area contributed by atoms with Crippen LogP contribution in [0, 0.1) is 0 Å². The Morgan fingerprint density at radius 3 is 2.91 bits per heavy atom. The number of nitrogens with zero attached hydrogens (tertiary/aromatic N) is 1. The normalized spacial score (nSPS) is 13.7. The number of hydrogen-bond acceptors (Lipinski definition) is 4. The standard InChI is InChI=1S/C16H17N3O3S/c20-15(21)9-23-8-10-2-1-3-12(6-10)17-16(22)14-7-13(18-19-14)11-4-5-11/h1-3,6-7,11H,4-5,8-9H2,(H,17,22)(H,18,19)(H,20,21). The van der Waals surface area contributed by atoms with E-state index in [1.165, 1.54) is 11.8 Å². The van der Waals surface area contributed by atoms with Crippen molar-refractivity contribution in [2.75, 3.05) is 11.1 Å². The van der Waals surface area contributed by atoms with Crippen LogP contribution in [0.3, 0.4) is 0 Å². The molecule has 23 heavy (non-hydrogen) atoms. The molecule has 0 unspecified atom stereocenters. The molecule has 7 heteroatoms. The number of aromatic nitrogens is 2. The number of aromatic amines is 1. The number of carboxylic acids is 1. The van der Waals surface area contributed by atoms with E-state index >= 15 is 0 Å². The number of amides is 1. The van der Waals surface area contributed by atoms with Gasteiger partial charge < -0.3 is 10.4 Å². The second kappa shape index (κ2) is 6.87. The van der Waals surface area contributed by atoms with E-state index in [0.29, 0.717) is 23.1 Å². The van der Waals surface area contributed by atoms with Crippen LogP contribution >= 0.6 is 11.8 Å². The van der Waals surface area contributed by atoms with E-state index in [9.17, 15) is 9.59 Å². The largest absolute Gasteiger partial charge is 0.481 e. The molecule has 1 aromatic carbocycles. The van der Waals surface area contributed by atoms with Gasteiger partial charge in [-0.1, -0.05) is 12.1 Å². The molecule has 1 aliphatic rings. The van der Waals surface area contributed by atoms with E-state index < -0.39 is 5.97 Å². The third kappa shape index (κ3) is 4.35. The van der Waals surface area contributed by atoms with Gasteiger partial charge in [-0.15, -0.1) is 11.8 Å². The summed E-state index contributed by atoms with van der Waals surface area (Å²) in [4.78, 5) is 22.7. The van der Waals surface area contributed by atoms with Gasteiger partial charge in [-0.3, -0.25) is 14.7 Å². The number of rotatable bonds is 7. The summed E-state index contributed by atoms with van der Waals surface area (Å²) in [5.41, 5.74) is 3.06. The number of nitrogens with one attached hydrogen (secondary N) is 2. The minimum atomic E-state index is -0.829. The summed E-state index contributed by atoms with van der Waals surface area (Å²) in [7, 11) is 0. The Labute approximate surface area is 137 Å². The van der Waals surface area contributed by atoms with E-state index in [2.05, 4.69) is 15.5 Å². The Hall–Kier alpha value is -2.28. The lowest BCUT2D eigenvalue weighted by molar-refractivity contribution is -0.133. The summed E-state index contributed by atoms with van der Waals surface area (Å²) in [6, 6.07) is 9.20. The molecule has 0 saturated heterocycles. The predicted octanol–water partition coefficient (Wildman–Crippen LogP) is 2.86. The zero-order valence-corrected chi connectivity index (χ0v) is 13.2. The van der Waals surface area contributed by atoms with Crippen molar-refractivity contribution in [1.82, 2.24) is 10.2 Å². The van der Waals surface area contributed by atoms with Gasteiger partial charge in [0.2, 0.25) is 0 Å². The first-order valence-electron chi connectivity index (χ1n) is 7.37. The molecule has 1 amide bonds. The van der Waals surface area contributed by atoms with Crippen LogP contribution in [0.25, 0.3) is 0 Å². The van der Waals surface area contributed by atoms with Crippen LogP contribution in [0.5, 0.6) is 0 Å². The number of hydrogen-bond donors (Lipinski definition) is 3. The van der Waals surface area contributed by atoms with Crippen LogP contribution in [-0.4, -0.2) is 32.9 Å². The number of carbonyl (C=O) groups is 2. The lowest BCUT2D eigenvalue weighted by Gasteiger charge is -2.06. The predicted molar refractivity (Wildman–Crippen MR) is 88.8 cm³/mol. The summed E-state index contributed by atoms with van der Waals surface area (Å²) in [5, 5.41) is 18.4. The second-order valence-electron chi connectivity index (χ2n) is 5.52. The molecule has 1 saturated carbocycles. The van der Waals surface area contributed by atoms with E-state index in [1.54, 1.807) is 12.1 Å². The first-order valence-corrected chi connectivity index (χ1v) is 8.52. The molecule has 120 valence electrons. The molecule has 1 aliphatic carbocycles. The van der Waals surface area contributed by atoms with E-state index in [0.717, 1.165) is 24.1 Å². The highest BCUT2D eigenvalue weighted by molar-refractivity contribution is 7.99. The molecule has 2 aromatic rings. The molecule has 0 spiro atoms. The van der Waals surface area contributed by atoms with Crippen LogP contribution in [0.4, 0.5) is 5.69 Å². The zero-order chi connectivity index (χ0) is 16.2. The molecule has 1 aromatic heterocycles. The monoisotopic (exact) mass is 331 g/mol. The average Bonchev–Trinajstić information content (AvgIpc) is 3.24. The molecule has 1 fully saturated rings. The Balaban J connectivity index is 1.59. The van der Waals surface area contributed by atoms with Crippen molar-refractivity contribution in [1.29, 1.82) is 0 Å². The summed E-state index contributed by atoms with van der Waals surface area (Å²) < 4.78 is 0. The average molecular weight is 331 g/mol. The van der Waals surface area contributed by atoms with Gasteiger partial charge in [0.25, 0.3) is 5.91 Å². The summed E-state index contributed by atoms with van der Waals surface area (Å²) >= 11 is 1.32. The van der Waals surface area contributed by atoms with Gasteiger partial charge in [0, 0.05) is 23.1 Å². The van der Waals surface area contributed by atoms with Crippen LogP contribution in [0.2, 0.25) is 0 Å². The topological polar surface area (TPSA) is 95.1 Å². The van der Waals surface area contributed by atoms with Crippen molar-refractivity contribution in [2.45, 2.75) is 24.5 Å². The molecular formula is C16H17N3O3S. The van der Waals surface area contributed by atoms with E-state index in [1.807, 2.05) is 18.2 Å². The molecule has 3 rings (SSSR count). The fourth-order valence-electron chi connectivity index (χ4n) is 2.25. The number of thioether (sulfide) groups is 1. The number of benzene rings is 1. The van der Waals surface area contributed by atoms with E-state index in [-0.39, 0.29) is 11.7 Å². The first-order chi connectivity index (χ1) is 11.1. The molecule has 1 heterocycles. The zero-order valence-electron chi connectivity index (χ0n) is 12.4. The summed E-state index contributed by atoms with van der Waals surface area (Å²) in [6.45, 7) is 0. The third-order valence-corrected chi connectivity index (χ3v) is 4.52. The fraction of sp³-hybridized carbons (Fsp3) is 0.312. The van der Waals surface area contributed by atoms with E-state index in [4.69, 9.17) is 5.11 Å². The van der Waals surface area contributed by atoms with Crippen LogP contribution in [-0.2, 0) is 10.5 Å². The third-order valence-electron chi connectivity index (χ3n) is 3.53. The minimum Gasteiger partial charge on any atom is -0.481 e. The maximum atomic E-state index is 12.2. The van der Waals surface area contributed by atoms with Crippen LogP contribution in [0.1, 0.15) is 40.5 Å². The van der Waals surface area contributed by atoms with Crippen molar-refractivity contribution < 1.29 is 14.7 Å². The number of aliphatic carboxylic acids is 1. The fourth-order valence-corrected chi connectivity index (χ4v) is 2.94. The lowest BCUT2D eigenvalue weighted by Crippen LogP contribution is -2.12. The second-order valence-corrected chi connectivity index (χ2v) is 6.51. The first kappa shape index (κ1) is 15.6. The van der Waals surface area contributed by atoms with Crippen LogP contribution in [0.15, 0.2) is 30.3 Å². The molecule has 3 N–H and O–H groups in total. The number of anilines is 1. The Morgan fingerprint density at radius 2 is 2.17 bits per heavy atom. The van der Waals surface area contributed by atoms with Gasteiger partial charge in [0.15, 0.2) is 5.69 Å². The van der Waals surface area contributed by atoms with Gasteiger partial charge in [-0.2, -0.15) is 5.10 Å². The Bertz CT molecular complexity index is 725. The highest BCUT2D eigenvalue weighted by Gasteiger charge is 2.26. The van der Waals surface area contributed by atoms with Gasteiger partial charge >= 0.3 is 5.97 Å². The maximum absolute atomic E-state index is 12.2. The Morgan fingerprint density at radius 1 is 1.35 bits per heavy atom. The molecule has 0 radical (unpaired) electrons. The SMILES string of the molecule is O=C(O)CSCc1cccc(NC(=O)c2cc(C3CC3)[nH]n2)c1. The summed E-state index contributed by atoms with van der Waals surface area (Å²) in [5.74, 6) is 0.101. The smallest absolute Gasteiger partial charge is 0.313 e. The number of H-pyrrole nitrogens is 1. The maximum Gasteiger partial charge on any atom is 0.313 e. The number of carboxylic acid groups (broad SMARTS) is 1. The van der Waals surface area contributed by atoms with Crippen molar-refractivity contribution in [2.24, 2.45) is 0 Å². The molecular weight excluding hydrogens is 314 g/mol.